The fourth-order valence-electron chi connectivity index (χ4n) is 2.55. The molecule has 0 saturated heterocycles. The van der Waals surface area contributed by atoms with Crippen LogP contribution in [0.1, 0.15) is 18.2 Å². The van der Waals surface area contributed by atoms with E-state index in [1.165, 1.54) is 17.6 Å². The van der Waals surface area contributed by atoms with E-state index in [9.17, 15) is 21.6 Å². The predicted octanol–water partition coefficient (Wildman–Crippen LogP) is 3.15. The van der Waals surface area contributed by atoms with E-state index in [-0.39, 0.29) is 33.3 Å². The first kappa shape index (κ1) is 18.3. The van der Waals surface area contributed by atoms with Gasteiger partial charge in [-0.2, -0.15) is 13.2 Å². The van der Waals surface area contributed by atoms with Gasteiger partial charge in [0.25, 0.3) is 0 Å². The van der Waals surface area contributed by atoms with E-state index in [1.54, 1.807) is 20.0 Å². The summed E-state index contributed by atoms with van der Waals surface area (Å²) in [6, 6.07) is 3.88. The summed E-state index contributed by atoms with van der Waals surface area (Å²) in [6.45, 7) is 3.19. The van der Waals surface area contributed by atoms with Crippen LogP contribution in [0, 0.1) is 6.92 Å². The van der Waals surface area contributed by atoms with Crippen LogP contribution >= 0.6 is 0 Å². The zero-order chi connectivity index (χ0) is 19.3. The Kier molecular flexibility index (Phi) is 4.26. The third-order valence-electron chi connectivity index (χ3n) is 3.96. The number of pyridine rings is 2. The minimum Gasteiger partial charge on any atom is -0.310 e. The summed E-state index contributed by atoms with van der Waals surface area (Å²) in [5.41, 5.74) is -0.0446. The summed E-state index contributed by atoms with van der Waals surface area (Å²) < 4.78 is 64.9. The van der Waals surface area contributed by atoms with Crippen LogP contribution in [0.2, 0.25) is 0 Å². The Hall–Kier alpha value is -2.49. The minimum atomic E-state index is -4.54. The normalized spacial score (nSPS) is 12.7. The van der Waals surface area contributed by atoms with E-state index in [2.05, 4.69) is 15.0 Å². The average Bonchev–Trinajstić information content (AvgIpc) is 2.90. The lowest BCUT2D eigenvalue weighted by Gasteiger charge is -2.09. The molecule has 0 radical (unpaired) electrons. The fraction of sp³-hybridized carbons (Fsp3) is 0.312. The average molecular weight is 384 g/mol. The van der Waals surface area contributed by atoms with Gasteiger partial charge >= 0.3 is 6.18 Å². The number of halogens is 3. The van der Waals surface area contributed by atoms with Gasteiger partial charge in [0.05, 0.1) is 16.2 Å². The first-order chi connectivity index (χ1) is 12.0. The SMILES string of the molecule is CCS(=O)(=O)c1ccc(C)nc1-c1nc2cc(C(F)(F)F)cnc2n1C. The molecule has 3 aromatic rings. The largest absolute Gasteiger partial charge is 0.417 e. The van der Waals surface area contributed by atoms with E-state index < -0.39 is 21.6 Å². The highest BCUT2D eigenvalue weighted by Gasteiger charge is 2.32. The van der Waals surface area contributed by atoms with Crippen LogP contribution in [0.15, 0.2) is 29.3 Å². The molecule has 3 aromatic heterocycles. The summed E-state index contributed by atoms with van der Waals surface area (Å²) in [6.07, 6.45) is -3.82. The number of aryl methyl sites for hydroxylation is 2. The number of imidazole rings is 1. The predicted molar refractivity (Wildman–Crippen MR) is 89.2 cm³/mol. The van der Waals surface area contributed by atoms with Gasteiger partial charge in [-0.1, -0.05) is 6.92 Å². The van der Waals surface area contributed by atoms with Crippen molar-refractivity contribution in [3.8, 4) is 11.5 Å². The Balaban J connectivity index is 2.30. The molecule has 3 rings (SSSR count). The van der Waals surface area contributed by atoms with Crippen LogP contribution in [0.3, 0.4) is 0 Å². The molecular weight excluding hydrogens is 369 g/mol. The smallest absolute Gasteiger partial charge is 0.310 e. The molecule has 138 valence electrons. The second kappa shape index (κ2) is 6.04. The third kappa shape index (κ3) is 3.05. The molecule has 0 aliphatic rings. The Morgan fingerprint density at radius 2 is 1.88 bits per heavy atom. The molecule has 0 aliphatic heterocycles. The molecule has 0 spiro atoms. The van der Waals surface area contributed by atoms with Crippen LogP contribution in [0.5, 0.6) is 0 Å². The number of sulfone groups is 1. The van der Waals surface area contributed by atoms with Gasteiger partial charge in [0.2, 0.25) is 0 Å². The zero-order valence-corrected chi connectivity index (χ0v) is 15.0. The van der Waals surface area contributed by atoms with Crippen LogP contribution in [-0.4, -0.2) is 33.7 Å². The van der Waals surface area contributed by atoms with E-state index in [1.807, 2.05) is 0 Å². The molecule has 0 fully saturated rings. The van der Waals surface area contributed by atoms with Crippen molar-refractivity contribution in [2.75, 3.05) is 5.75 Å². The Bertz CT molecular complexity index is 1100. The molecule has 0 aromatic carbocycles. The number of fused-ring (bicyclic) bond motifs is 1. The Morgan fingerprint density at radius 3 is 2.50 bits per heavy atom. The molecule has 0 aliphatic carbocycles. The fourth-order valence-corrected chi connectivity index (χ4v) is 3.57. The molecule has 10 heteroatoms. The quantitative estimate of drug-likeness (QED) is 0.693. The van der Waals surface area contributed by atoms with Gasteiger partial charge in [0.1, 0.15) is 11.2 Å². The van der Waals surface area contributed by atoms with Gasteiger partial charge in [0, 0.05) is 18.9 Å². The molecule has 0 amide bonds. The monoisotopic (exact) mass is 384 g/mol. The maximum atomic E-state index is 12.9. The first-order valence-corrected chi connectivity index (χ1v) is 9.30. The molecule has 6 nitrogen and oxygen atoms in total. The van der Waals surface area contributed by atoms with Gasteiger partial charge in [0.15, 0.2) is 21.3 Å². The number of hydrogen-bond acceptors (Lipinski definition) is 5. The number of alkyl halides is 3. The number of hydrogen-bond donors (Lipinski definition) is 0. The zero-order valence-electron chi connectivity index (χ0n) is 14.2. The van der Waals surface area contributed by atoms with Crippen molar-refractivity contribution in [1.29, 1.82) is 0 Å². The number of nitrogens with zero attached hydrogens (tertiary/aromatic N) is 4. The van der Waals surface area contributed by atoms with E-state index in [4.69, 9.17) is 0 Å². The number of rotatable bonds is 3. The lowest BCUT2D eigenvalue weighted by Crippen LogP contribution is -2.09. The molecule has 0 atom stereocenters. The van der Waals surface area contributed by atoms with Crippen LogP contribution in [0.25, 0.3) is 22.7 Å². The minimum absolute atomic E-state index is 0.0138. The third-order valence-corrected chi connectivity index (χ3v) is 5.72. The summed E-state index contributed by atoms with van der Waals surface area (Å²) in [7, 11) is -2.04. The van der Waals surface area contributed by atoms with Crippen molar-refractivity contribution in [2.45, 2.75) is 24.9 Å². The number of aromatic nitrogens is 4. The van der Waals surface area contributed by atoms with Gasteiger partial charge in [-0.3, -0.25) is 0 Å². The topological polar surface area (TPSA) is 77.7 Å². The van der Waals surface area contributed by atoms with Crippen molar-refractivity contribution in [1.82, 2.24) is 19.5 Å². The molecule has 26 heavy (non-hydrogen) atoms. The van der Waals surface area contributed by atoms with Crippen LogP contribution in [-0.2, 0) is 23.1 Å². The maximum Gasteiger partial charge on any atom is 0.417 e. The van der Waals surface area contributed by atoms with Crippen molar-refractivity contribution in [3.05, 3.63) is 35.7 Å². The molecular formula is C16H15F3N4O2S. The molecule has 0 saturated carbocycles. The standard InChI is InChI=1S/C16H15F3N4O2S/c1-4-26(24,25)12-6-5-9(2)21-13(12)15-22-11-7-10(16(17,18)19)8-20-14(11)23(15)3/h5-8H,4H2,1-3H3. The van der Waals surface area contributed by atoms with Crippen LogP contribution in [0.4, 0.5) is 13.2 Å². The van der Waals surface area contributed by atoms with E-state index in [0.717, 1.165) is 12.3 Å². The maximum absolute atomic E-state index is 12.9. The second-order valence-corrected chi connectivity index (χ2v) is 8.01. The highest BCUT2D eigenvalue weighted by molar-refractivity contribution is 7.91. The molecule has 0 N–H and O–H groups in total. The summed E-state index contributed by atoms with van der Waals surface area (Å²) in [4.78, 5) is 12.3. The van der Waals surface area contributed by atoms with Crippen molar-refractivity contribution in [2.24, 2.45) is 7.05 Å². The molecule has 0 unspecified atom stereocenters. The van der Waals surface area contributed by atoms with Gasteiger partial charge in [-0.15, -0.1) is 0 Å². The van der Waals surface area contributed by atoms with Crippen molar-refractivity contribution >= 4 is 21.0 Å². The molecule has 3 heterocycles. The molecule has 0 bridgehead atoms. The summed E-state index contributed by atoms with van der Waals surface area (Å²) in [5, 5.41) is 0. The van der Waals surface area contributed by atoms with Gasteiger partial charge < -0.3 is 4.57 Å². The lowest BCUT2D eigenvalue weighted by molar-refractivity contribution is -0.137. The van der Waals surface area contributed by atoms with Crippen molar-refractivity contribution < 1.29 is 21.6 Å². The summed E-state index contributed by atoms with van der Waals surface area (Å²) >= 11 is 0. The Labute approximate surface area is 147 Å². The van der Waals surface area contributed by atoms with Gasteiger partial charge in [-0.05, 0) is 25.1 Å². The second-order valence-electron chi connectivity index (χ2n) is 5.76. The highest BCUT2D eigenvalue weighted by Crippen LogP contribution is 2.32. The lowest BCUT2D eigenvalue weighted by atomic mass is 10.2. The highest BCUT2D eigenvalue weighted by atomic mass is 32.2. The Morgan fingerprint density at radius 1 is 1.19 bits per heavy atom. The van der Waals surface area contributed by atoms with E-state index >= 15 is 0 Å². The first-order valence-electron chi connectivity index (χ1n) is 7.65. The van der Waals surface area contributed by atoms with Gasteiger partial charge in [-0.25, -0.2) is 23.4 Å². The summed E-state index contributed by atoms with van der Waals surface area (Å²) in [5.74, 6) is 0.00748. The van der Waals surface area contributed by atoms with E-state index in [0.29, 0.717) is 5.69 Å². The van der Waals surface area contributed by atoms with Crippen LogP contribution < -0.4 is 0 Å². The van der Waals surface area contributed by atoms with Crippen molar-refractivity contribution in [3.63, 3.8) is 0 Å².